The van der Waals surface area contributed by atoms with E-state index in [1.807, 2.05) is 0 Å². The second kappa shape index (κ2) is 7.24. The SMILES string of the molecule is N#Cc1cn2c(NCc3c(F)ccc4c3CCO4)ncc(N3CCCCC3)c2n1. The predicted octanol–water partition coefficient (Wildman–Crippen LogP) is 3.28. The Morgan fingerprint density at radius 2 is 2.10 bits per heavy atom. The van der Waals surface area contributed by atoms with E-state index in [2.05, 4.69) is 26.3 Å². The lowest BCUT2D eigenvalue weighted by Crippen LogP contribution is -2.30. The maximum absolute atomic E-state index is 14.4. The average molecular weight is 392 g/mol. The second-order valence-corrected chi connectivity index (χ2v) is 7.40. The molecule has 0 saturated carbocycles. The molecule has 148 valence electrons. The lowest BCUT2D eigenvalue weighted by atomic mass is 10.0. The minimum Gasteiger partial charge on any atom is -0.493 e. The van der Waals surface area contributed by atoms with Crippen molar-refractivity contribution in [1.29, 1.82) is 5.26 Å². The van der Waals surface area contributed by atoms with Gasteiger partial charge in [0.2, 0.25) is 5.95 Å². The summed E-state index contributed by atoms with van der Waals surface area (Å²) >= 11 is 0. The molecule has 1 saturated heterocycles. The number of halogens is 1. The minimum absolute atomic E-state index is 0.258. The summed E-state index contributed by atoms with van der Waals surface area (Å²) in [6, 6.07) is 5.23. The summed E-state index contributed by atoms with van der Waals surface area (Å²) in [6.45, 7) is 2.77. The molecule has 2 aliphatic heterocycles. The van der Waals surface area contributed by atoms with Crippen LogP contribution in [0.4, 0.5) is 16.0 Å². The standard InChI is InChI=1S/C21H21FN6O/c22-17-4-5-19-15(6-9-29-19)16(17)11-24-21-25-12-18(27-7-2-1-3-8-27)20-26-14(10-23)13-28(20)21/h4-5,12-13H,1-3,6-9,11H2,(H,24,25). The molecule has 2 aromatic heterocycles. The van der Waals surface area contributed by atoms with Crippen molar-refractivity contribution in [1.82, 2.24) is 14.4 Å². The van der Waals surface area contributed by atoms with E-state index in [4.69, 9.17) is 4.74 Å². The highest BCUT2D eigenvalue weighted by atomic mass is 19.1. The molecule has 1 aromatic carbocycles. The number of rotatable bonds is 4. The van der Waals surface area contributed by atoms with Gasteiger partial charge in [-0.05, 0) is 31.4 Å². The number of aromatic nitrogens is 3. The number of nitriles is 1. The molecule has 2 aliphatic rings. The summed E-state index contributed by atoms with van der Waals surface area (Å²) < 4.78 is 21.8. The number of fused-ring (bicyclic) bond motifs is 2. The molecule has 0 spiro atoms. The Morgan fingerprint density at radius 3 is 2.93 bits per heavy atom. The number of hydrogen-bond donors (Lipinski definition) is 1. The Hall–Kier alpha value is -3.34. The molecule has 8 heteroatoms. The van der Waals surface area contributed by atoms with Gasteiger partial charge in [-0.25, -0.2) is 14.4 Å². The number of anilines is 2. The molecule has 7 nitrogen and oxygen atoms in total. The van der Waals surface area contributed by atoms with E-state index in [-0.39, 0.29) is 12.4 Å². The maximum atomic E-state index is 14.4. The maximum Gasteiger partial charge on any atom is 0.209 e. The first-order valence-electron chi connectivity index (χ1n) is 9.94. The van der Waals surface area contributed by atoms with Crippen molar-refractivity contribution < 1.29 is 9.13 Å². The van der Waals surface area contributed by atoms with Gasteiger partial charge in [0, 0.05) is 37.2 Å². The molecule has 3 aromatic rings. The molecule has 0 bridgehead atoms. The quantitative estimate of drug-likeness (QED) is 0.734. The third-order valence-corrected chi connectivity index (χ3v) is 5.65. The largest absolute Gasteiger partial charge is 0.493 e. The molecule has 0 unspecified atom stereocenters. The van der Waals surface area contributed by atoms with Crippen LogP contribution in [0.3, 0.4) is 0 Å². The summed E-state index contributed by atoms with van der Waals surface area (Å²) in [5, 5.41) is 12.6. The van der Waals surface area contributed by atoms with Crippen molar-refractivity contribution >= 4 is 17.3 Å². The van der Waals surface area contributed by atoms with Gasteiger partial charge in [0.25, 0.3) is 0 Å². The Bertz CT molecular complexity index is 1110. The van der Waals surface area contributed by atoms with Crippen LogP contribution in [0.5, 0.6) is 5.75 Å². The third-order valence-electron chi connectivity index (χ3n) is 5.65. The fraction of sp³-hybridized carbons (Fsp3) is 0.381. The molecule has 0 amide bonds. The second-order valence-electron chi connectivity index (χ2n) is 7.40. The zero-order valence-corrected chi connectivity index (χ0v) is 16.0. The van der Waals surface area contributed by atoms with E-state index >= 15 is 0 Å². The predicted molar refractivity (Wildman–Crippen MR) is 107 cm³/mol. The summed E-state index contributed by atoms with van der Waals surface area (Å²) in [6.07, 6.45) is 7.68. The summed E-state index contributed by atoms with van der Waals surface area (Å²) in [4.78, 5) is 11.3. The minimum atomic E-state index is -0.258. The van der Waals surface area contributed by atoms with E-state index in [0.29, 0.717) is 35.9 Å². The van der Waals surface area contributed by atoms with E-state index in [1.165, 1.54) is 12.5 Å². The van der Waals surface area contributed by atoms with Gasteiger partial charge in [-0.3, -0.25) is 4.40 Å². The zero-order chi connectivity index (χ0) is 19.8. The van der Waals surface area contributed by atoms with Crippen molar-refractivity contribution in [2.45, 2.75) is 32.2 Å². The third kappa shape index (κ3) is 3.12. The van der Waals surface area contributed by atoms with Crippen LogP contribution < -0.4 is 15.0 Å². The normalized spacial score (nSPS) is 15.8. The Kier molecular flexibility index (Phi) is 4.43. The van der Waals surface area contributed by atoms with E-state index in [0.717, 1.165) is 42.9 Å². The first-order chi connectivity index (χ1) is 14.2. The summed E-state index contributed by atoms with van der Waals surface area (Å²) in [5.41, 5.74) is 3.46. The van der Waals surface area contributed by atoms with E-state index in [9.17, 15) is 9.65 Å². The van der Waals surface area contributed by atoms with Gasteiger partial charge < -0.3 is 15.0 Å². The molecule has 4 heterocycles. The number of hydrogen-bond acceptors (Lipinski definition) is 6. The molecule has 1 fully saturated rings. The highest BCUT2D eigenvalue weighted by Gasteiger charge is 2.21. The van der Waals surface area contributed by atoms with Crippen molar-refractivity contribution in [3.8, 4) is 11.8 Å². The van der Waals surface area contributed by atoms with Crippen LogP contribution in [0.25, 0.3) is 5.65 Å². The van der Waals surface area contributed by atoms with Gasteiger partial charge in [-0.1, -0.05) is 0 Å². The Labute approximate surface area is 167 Å². The Morgan fingerprint density at radius 1 is 1.24 bits per heavy atom. The Balaban J connectivity index is 1.49. The molecular formula is C21H21FN6O. The van der Waals surface area contributed by atoms with Crippen molar-refractivity contribution in [3.05, 3.63) is 47.2 Å². The van der Waals surface area contributed by atoms with E-state index in [1.54, 1.807) is 22.9 Å². The lowest BCUT2D eigenvalue weighted by Gasteiger charge is -2.28. The molecule has 0 radical (unpaired) electrons. The van der Waals surface area contributed by atoms with Gasteiger partial charge >= 0.3 is 0 Å². The first-order valence-corrected chi connectivity index (χ1v) is 9.94. The van der Waals surface area contributed by atoms with Crippen LogP contribution >= 0.6 is 0 Å². The van der Waals surface area contributed by atoms with Crippen LogP contribution in [0, 0.1) is 17.1 Å². The molecule has 0 aliphatic carbocycles. The fourth-order valence-corrected chi connectivity index (χ4v) is 4.18. The van der Waals surface area contributed by atoms with Crippen LogP contribution in [-0.4, -0.2) is 34.1 Å². The number of nitrogens with one attached hydrogen (secondary N) is 1. The molecule has 5 rings (SSSR count). The topological polar surface area (TPSA) is 78.5 Å². The monoisotopic (exact) mass is 392 g/mol. The smallest absolute Gasteiger partial charge is 0.209 e. The summed E-state index contributed by atoms with van der Waals surface area (Å²) in [7, 11) is 0. The average Bonchev–Trinajstić information content (AvgIpc) is 3.40. The van der Waals surface area contributed by atoms with Gasteiger partial charge in [-0.2, -0.15) is 5.26 Å². The van der Waals surface area contributed by atoms with Gasteiger partial charge in [-0.15, -0.1) is 0 Å². The van der Waals surface area contributed by atoms with Gasteiger partial charge in [0.1, 0.15) is 17.6 Å². The van der Waals surface area contributed by atoms with Crippen molar-refractivity contribution in [3.63, 3.8) is 0 Å². The van der Waals surface area contributed by atoms with Crippen LogP contribution in [0.15, 0.2) is 24.5 Å². The fourth-order valence-electron chi connectivity index (χ4n) is 4.18. The number of benzene rings is 1. The van der Waals surface area contributed by atoms with Crippen molar-refractivity contribution in [2.75, 3.05) is 29.9 Å². The zero-order valence-electron chi connectivity index (χ0n) is 16.0. The molecule has 29 heavy (non-hydrogen) atoms. The summed E-state index contributed by atoms with van der Waals surface area (Å²) in [5.74, 6) is 1.02. The van der Waals surface area contributed by atoms with Crippen LogP contribution in [0.1, 0.15) is 36.1 Å². The van der Waals surface area contributed by atoms with Crippen LogP contribution in [0.2, 0.25) is 0 Å². The van der Waals surface area contributed by atoms with Crippen molar-refractivity contribution in [2.24, 2.45) is 0 Å². The van der Waals surface area contributed by atoms with Gasteiger partial charge in [0.15, 0.2) is 11.3 Å². The number of imidazole rings is 1. The molecule has 0 atom stereocenters. The van der Waals surface area contributed by atoms with Crippen LogP contribution in [-0.2, 0) is 13.0 Å². The van der Waals surface area contributed by atoms with E-state index < -0.39 is 0 Å². The number of nitrogens with zero attached hydrogens (tertiary/aromatic N) is 5. The number of ether oxygens (including phenoxy) is 1. The van der Waals surface area contributed by atoms with Gasteiger partial charge in [0.05, 0.1) is 24.7 Å². The highest BCUT2D eigenvalue weighted by Crippen LogP contribution is 2.31. The molecule has 1 N–H and O–H groups in total. The number of piperidine rings is 1. The highest BCUT2D eigenvalue weighted by molar-refractivity contribution is 5.71. The first kappa shape index (κ1) is 17.7. The molecular weight excluding hydrogens is 371 g/mol. The lowest BCUT2D eigenvalue weighted by molar-refractivity contribution is 0.356.